The first-order chi connectivity index (χ1) is 11.0. The number of nitrogens with zero attached hydrogens (tertiary/aromatic N) is 1. The average Bonchev–Trinajstić information content (AvgIpc) is 2.86. The summed E-state index contributed by atoms with van der Waals surface area (Å²) in [5.74, 6) is 0.236. The maximum absolute atomic E-state index is 13.1. The molecule has 0 aliphatic heterocycles. The first kappa shape index (κ1) is 15.7. The predicted molar refractivity (Wildman–Crippen MR) is 95.5 cm³/mol. The fourth-order valence-corrected chi connectivity index (χ4v) is 3.46. The summed E-state index contributed by atoms with van der Waals surface area (Å²) in [4.78, 5) is 17.7. The standard InChI is InChI=1S/C21H23NO/c1-15-9-11-17(12-10-15)21(3)14-13-19(20(21)23)16(2)22-18-7-5-4-6-8-18/h4-12,19H,13-14H2,1-3H3. The van der Waals surface area contributed by atoms with Crippen LogP contribution in [0.15, 0.2) is 59.6 Å². The van der Waals surface area contributed by atoms with E-state index in [0.717, 1.165) is 29.8 Å². The second-order valence-corrected chi connectivity index (χ2v) is 6.74. The Balaban J connectivity index is 1.86. The van der Waals surface area contributed by atoms with E-state index in [9.17, 15) is 4.79 Å². The van der Waals surface area contributed by atoms with E-state index in [-0.39, 0.29) is 11.3 Å². The molecular weight excluding hydrogens is 282 g/mol. The lowest BCUT2D eigenvalue weighted by molar-refractivity contribution is -0.123. The van der Waals surface area contributed by atoms with Gasteiger partial charge in [-0.05, 0) is 51.3 Å². The maximum Gasteiger partial charge on any atom is 0.151 e. The van der Waals surface area contributed by atoms with E-state index in [1.807, 2.05) is 37.3 Å². The smallest absolute Gasteiger partial charge is 0.151 e. The molecule has 1 aliphatic rings. The van der Waals surface area contributed by atoms with Crippen molar-refractivity contribution in [3.05, 3.63) is 65.7 Å². The Morgan fingerprint density at radius 2 is 1.74 bits per heavy atom. The van der Waals surface area contributed by atoms with E-state index in [2.05, 4.69) is 43.1 Å². The van der Waals surface area contributed by atoms with Crippen LogP contribution in [0.2, 0.25) is 0 Å². The molecular formula is C21H23NO. The van der Waals surface area contributed by atoms with Gasteiger partial charge in [-0.1, -0.05) is 48.0 Å². The molecule has 0 bridgehead atoms. The van der Waals surface area contributed by atoms with E-state index in [4.69, 9.17) is 0 Å². The lowest BCUT2D eigenvalue weighted by Crippen LogP contribution is -2.32. The summed E-state index contributed by atoms with van der Waals surface area (Å²) in [6.07, 6.45) is 1.77. The molecule has 2 nitrogen and oxygen atoms in total. The summed E-state index contributed by atoms with van der Waals surface area (Å²) in [6, 6.07) is 18.2. The summed E-state index contributed by atoms with van der Waals surface area (Å²) >= 11 is 0. The number of rotatable bonds is 3. The molecule has 0 amide bonds. The first-order valence-corrected chi connectivity index (χ1v) is 8.22. The lowest BCUT2D eigenvalue weighted by Gasteiger charge is -2.23. The number of ketones is 1. The third-order valence-electron chi connectivity index (χ3n) is 5.05. The van der Waals surface area contributed by atoms with E-state index in [0.29, 0.717) is 5.78 Å². The van der Waals surface area contributed by atoms with Gasteiger partial charge < -0.3 is 0 Å². The minimum Gasteiger partial charge on any atom is -0.298 e. The minimum absolute atomic E-state index is 0.0680. The number of hydrogen-bond acceptors (Lipinski definition) is 2. The maximum atomic E-state index is 13.1. The van der Waals surface area contributed by atoms with Crippen molar-refractivity contribution in [3.63, 3.8) is 0 Å². The van der Waals surface area contributed by atoms with Crippen LogP contribution >= 0.6 is 0 Å². The average molecular weight is 305 g/mol. The Kier molecular flexibility index (Phi) is 4.16. The van der Waals surface area contributed by atoms with Crippen molar-refractivity contribution in [2.24, 2.45) is 10.9 Å². The van der Waals surface area contributed by atoms with Crippen LogP contribution in [-0.2, 0) is 10.2 Å². The largest absolute Gasteiger partial charge is 0.298 e. The molecule has 2 heteroatoms. The van der Waals surface area contributed by atoms with Crippen LogP contribution in [0.25, 0.3) is 0 Å². The van der Waals surface area contributed by atoms with Gasteiger partial charge in [0.25, 0.3) is 0 Å². The first-order valence-electron chi connectivity index (χ1n) is 8.22. The molecule has 0 saturated heterocycles. The fraction of sp³-hybridized carbons (Fsp3) is 0.333. The number of carbonyl (C=O) groups excluding carboxylic acids is 1. The zero-order chi connectivity index (χ0) is 16.4. The zero-order valence-corrected chi connectivity index (χ0v) is 14.0. The van der Waals surface area contributed by atoms with Crippen molar-refractivity contribution in [1.29, 1.82) is 0 Å². The Morgan fingerprint density at radius 1 is 1.09 bits per heavy atom. The molecule has 3 rings (SSSR count). The number of aryl methyl sites for hydroxylation is 1. The summed E-state index contributed by atoms with van der Waals surface area (Å²) in [6.45, 7) is 6.13. The number of benzene rings is 2. The van der Waals surface area contributed by atoms with Crippen LogP contribution in [0.4, 0.5) is 5.69 Å². The summed E-state index contributed by atoms with van der Waals surface area (Å²) in [5.41, 5.74) is 3.81. The Morgan fingerprint density at radius 3 is 2.39 bits per heavy atom. The normalized spacial score (nSPS) is 24.9. The van der Waals surface area contributed by atoms with Crippen LogP contribution in [0.1, 0.15) is 37.8 Å². The number of para-hydroxylation sites is 1. The summed E-state index contributed by atoms with van der Waals surface area (Å²) in [7, 11) is 0. The zero-order valence-electron chi connectivity index (χ0n) is 14.0. The van der Waals surface area contributed by atoms with Crippen LogP contribution in [-0.4, -0.2) is 11.5 Å². The van der Waals surface area contributed by atoms with Crippen LogP contribution < -0.4 is 0 Å². The van der Waals surface area contributed by atoms with Crippen molar-refractivity contribution in [3.8, 4) is 0 Å². The van der Waals surface area contributed by atoms with Gasteiger partial charge in [0.15, 0.2) is 5.78 Å². The highest BCUT2D eigenvalue weighted by molar-refractivity contribution is 6.10. The third kappa shape index (κ3) is 2.98. The van der Waals surface area contributed by atoms with Crippen LogP contribution in [0, 0.1) is 12.8 Å². The number of Topliss-reactive ketones (excluding diaryl/α,β-unsaturated/α-hetero) is 1. The monoisotopic (exact) mass is 305 g/mol. The van der Waals surface area contributed by atoms with E-state index < -0.39 is 0 Å². The lowest BCUT2D eigenvalue weighted by atomic mass is 9.78. The van der Waals surface area contributed by atoms with E-state index in [1.54, 1.807) is 0 Å². The molecule has 1 aliphatic carbocycles. The van der Waals surface area contributed by atoms with Crippen LogP contribution in [0.3, 0.4) is 0 Å². The highest BCUT2D eigenvalue weighted by Crippen LogP contribution is 2.41. The predicted octanol–water partition coefficient (Wildman–Crippen LogP) is 5.02. The SMILES string of the molecule is CC(=Nc1ccccc1)C1CCC(C)(c2ccc(C)cc2)C1=O. The number of aliphatic imine (C=N–C) groups is 1. The van der Waals surface area contributed by atoms with Gasteiger partial charge in [-0.15, -0.1) is 0 Å². The van der Waals surface area contributed by atoms with Gasteiger partial charge in [0.2, 0.25) is 0 Å². The van der Waals surface area contributed by atoms with Gasteiger partial charge >= 0.3 is 0 Å². The number of hydrogen-bond donors (Lipinski definition) is 0. The molecule has 1 fully saturated rings. The van der Waals surface area contributed by atoms with Crippen molar-refractivity contribution in [1.82, 2.24) is 0 Å². The van der Waals surface area contributed by atoms with Crippen LogP contribution in [0.5, 0.6) is 0 Å². The van der Waals surface area contributed by atoms with Gasteiger partial charge in [0.1, 0.15) is 0 Å². The topological polar surface area (TPSA) is 29.4 Å². The molecule has 2 atom stereocenters. The van der Waals surface area contributed by atoms with Gasteiger partial charge in [0.05, 0.1) is 17.0 Å². The molecule has 0 radical (unpaired) electrons. The third-order valence-corrected chi connectivity index (χ3v) is 5.05. The molecule has 0 spiro atoms. The highest BCUT2D eigenvalue weighted by Gasteiger charge is 2.46. The van der Waals surface area contributed by atoms with Gasteiger partial charge in [-0.25, -0.2) is 0 Å². The number of carbonyl (C=O) groups is 1. The molecule has 2 unspecified atom stereocenters. The van der Waals surface area contributed by atoms with Gasteiger partial charge in [-0.2, -0.15) is 0 Å². The van der Waals surface area contributed by atoms with E-state index in [1.165, 1.54) is 5.56 Å². The molecule has 0 heterocycles. The molecule has 23 heavy (non-hydrogen) atoms. The molecule has 1 saturated carbocycles. The molecule has 0 N–H and O–H groups in total. The Hall–Kier alpha value is -2.22. The summed E-state index contributed by atoms with van der Waals surface area (Å²) < 4.78 is 0. The second-order valence-electron chi connectivity index (χ2n) is 6.74. The molecule has 0 aromatic heterocycles. The minimum atomic E-state index is -0.383. The van der Waals surface area contributed by atoms with Gasteiger partial charge in [0, 0.05) is 5.71 Å². The molecule has 2 aromatic rings. The highest BCUT2D eigenvalue weighted by atomic mass is 16.1. The quantitative estimate of drug-likeness (QED) is 0.732. The second kappa shape index (κ2) is 6.11. The summed E-state index contributed by atoms with van der Waals surface area (Å²) in [5, 5.41) is 0. The van der Waals surface area contributed by atoms with Crippen molar-refractivity contribution in [2.75, 3.05) is 0 Å². The Labute approximate surface area is 138 Å². The Bertz CT molecular complexity index is 730. The van der Waals surface area contributed by atoms with Crippen molar-refractivity contribution >= 4 is 17.2 Å². The molecule has 2 aromatic carbocycles. The van der Waals surface area contributed by atoms with Crippen molar-refractivity contribution in [2.45, 2.75) is 39.0 Å². The fourth-order valence-electron chi connectivity index (χ4n) is 3.46. The molecule has 118 valence electrons. The van der Waals surface area contributed by atoms with Gasteiger partial charge in [-0.3, -0.25) is 9.79 Å². The van der Waals surface area contributed by atoms with Crippen molar-refractivity contribution < 1.29 is 4.79 Å². The van der Waals surface area contributed by atoms with E-state index >= 15 is 0 Å².